The molecule has 1 aromatic rings. The predicted molar refractivity (Wildman–Crippen MR) is 67.7 cm³/mol. The van der Waals surface area contributed by atoms with E-state index in [9.17, 15) is 0 Å². The highest BCUT2D eigenvalue weighted by molar-refractivity contribution is 5.20. The van der Waals surface area contributed by atoms with E-state index >= 15 is 0 Å². The lowest BCUT2D eigenvalue weighted by Gasteiger charge is -2.10. The second-order valence-electron chi connectivity index (χ2n) is 3.75. The molecule has 0 aromatic heterocycles. The third-order valence-corrected chi connectivity index (χ3v) is 2.49. The van der Waals surface area contributed by atoms with Gasteiger partial charge in [0.2, 0.25) is 6.29 Å². The van der Waals surface area contributed by atoms with E-state index in [0.717, 1.165) is 38.0 Å². The Bertz CT molecular complexity index is 270. The fourth-order valence-corrected chi connectivity index (χ4v) is 1.54. The van der Waals surface area contributed by atoms with Crippen LogP contribution in [0.5, 0.6) is 5.75 Å². The summed E-state index contributed by atoms with van der Waals surface area (Å²) < 4.78 is 15.7. The summed E-state index contributed by atoms with van der Waals surface area (Å²) in [6, 6.07) is 9.89. The second kappa shape index (κ2) is 9.02. The molecule has 0 heterocycles. The molecule has 3 heteroatoms. The lowest BCUT2D eigenvalue weighted by molar-refractivity contribution is -0.00396. The van der Waals surface area contributed by atoms with Gasteiger partial charge in [-0.25, -0.2) is 0 Å². The molecule has 3 nitrogen and oxygen atoms in total. The summed E-state index contributed by atoms with van der Waals surface area (Å²) in [7, 11) is 3.27. The summed E-state index contributed by atoms with van der Waals surface area (Å²) in [6.07, 6.45) is 4.79. The van der Waals surface area contributed by atoms with Crippen molar-refractivity contribution in [3.8, 4) is 5.75 Å². The summed E-state index contributed by atoms with van der Waals surface area (Å²) in [5.41, 5.74) is 0. The van der Waals surface area contributed by atoms with Gasteiger partial charge < -0.3 is 14.2 Å². The van der Waals surface area contributed by atoms with Crippen molar-refractivity contribution >= 4 is 0 Å². The first-order valence-corrected chi connectivity index (χ1v) is 5.98. The normalized spacial score (nSPS) is 10.8. The molecule has 0 atom stereocenters. The molecule has 1 aromatic carbocycles. The Morgan fingerprint density at radius 3 is 2.29 bits per heavy atom. The molecule has 95 valence electrons. The highest BCUT2D eigenvalue weighted by atomic mass is 16.7. The molecule has 0 amide bonds. The Morgan fingerprint density at radius 2 is 1.65 bits per heavy atom. The predicted octanol–water partition coefficient (Wildman–Crippen LogP) is 3.41. The molecule has 0 bridgehead atoms. The smallest absolute Gasteiger partial charge is 0.223 e. The van der Waals surface area contributed by atoms with E-state index in [2.05, 4.69) is 0 Å². The molecule has 17 heavy (non-hydrogen) atoms. The van der Waals surface area contributed by atoms with Crippen molar-refractivity contribution in [1.29, 1.82) is 0 Å². The molecule has 1 radical (unpaired) electrons. The summed E-state index contributed by atoms with van der Waals surface area (Å²) >= 11 is 0. The van der Waals surface area contributed by atoms with E-state index in [0.29, 0.717) is 6.29 Å². The monoisotopic (exact) mass is 237 g/mol. The molecule has 0 saturated carbocycles. The Morgan fingerprint density at radius 1 is 0.941 bits per heavy atom. The van der Waals surface area contributed by atoms with Crippen LogP contribution in [0.1, 0.15) is 25.7 Å². The quantitative estimate of drug-likeness (QED) is 0.616. The number of benzene rings is 1. The maximum atomic E-state index is 5.60. The van der Waals surface area contributed by atoms with Crippen molar-refractivity contribution in [3.05, 3.63) is 36.6 Å². The summed E-state index contributed by atoms with van der Waals surface area (Å²) in [4.78, 5) is 0. The zero-order valence-corrected chi connectivity index (χ0v) is 10.6. The molecule has 0 aliphatic carbocycles. The van der Waals surface area contributed by atoms with Crippen LogP contribution in [0.15, 0.2) is 30.3 Å². The number of para-hydroxylation sites is 1. The zero-order chi connectivity index (χ0) is 12.3. The molecule has 0 aliphatic heterocycles. The van der Waals surface area contributed by atoms with Crippen molar-refractivity contribution in [2.75, 3.05) is 20.8 Å². The Labute approximate surface area is 104 Å². The van der Waals surface area contributed by atoms with E-state index in [4.69, 9.17) is 14.2 Å². The van der Waals surface area contributed by atoms with Crippen molar-refractivity contribution in [3.63, 3.8) is 0 Å². The lowest BCUT2D eigenvalue weighted by Crippen LogP contribution is -2.03. The molecule has 0 spiro atoms. The third-order valence-electron chi connectivity index (χ3n) is 2.49. The van der Waals surface area contributed by atoms with Gasteiger partial charge in [-0.3, -0.25) is 0 Å². The van der Waals surface area contributed by atoms with Crippen molar-refractivity contribution in [2.45, 2.75) is 25.7 Å². The molecule has 0 saturated heterocycles. The van der Waals surface area contributed by atoms with Crippen LogP contribution in [0, 0.1) is 6.29 Å². The summed E-state index contributed by atoms with van der Waals surface area (Å²) in [5.74, 6) is 0.938. The maximum absolute atomic E-state index is 5.60. The molecule has 0 aliphatic rings. The van der Waals surface area contributed by atoms with Gasteiger partial charge in [0.15, 0.2) is 0 Å². The van der Waals surface area contributed by atoms with E-state index in [-0.39, 0.29) is 0 Å². The van der Waals surface area contributed by atoms with Crippen LogP contribution in [0.25, 0.3) is 0 Å². The fraction of sp³-hybridized carbons (Fsp3) is 0.500. The van der Waals surface area contributed by atoms with Gasteiger partial charge >= 0.3 is 0 Å². The number of methoxy groups -OCH3 is 2. The van der Waals surface area contributed by atoms with Crippen LogP contribution in [0.3, 0.4) is 0 Å². The number of hydrogen-bond acceptors (Lipinski definition) is 3. The van der Waals surface area contributed by atoms with Crippen molar-refractivity contribution in [2.24, 2.45) is 0 Å². The average molecular weight is 237 g/mol. The van der Waals surface area contributed by atoms with Gasteiger partial charge in [0.25, 0.3) is 0 Å². The van der Waals surface area contributed by atoms with Crippen LogP contribution in [-0.4, -0.2) is 20.8 Å². The first-order valence-electron chi connectivity index (χ1n) is 5.98. The Hall–Kier alpha value is -1.06. The maximum Gasteiger partial charge on any atom is 0.223 e. The van der Waals surface area contributed by atoms with Crippen LogP contribution >= 0.6 is 0 Å². The lowest BCUT2D eigenvalue weighted by atomic mass is 10.2. The van der Waals surface area contributed by atoms with Gasteiger partial charge in [-0.15, -0.1) is 0 Å². The van der Waals surface area contributed by atoms with E-state index < -0.39 is 0 Å². The Kier molecular flexibility index (Phi) is 7.43. The van der Waals surface area contributed by atoms with Gasteiger partial charge in [-0.2, -0.15) is 0 Å². The first kappa shape index (κ1) is 14.0. The number of unbranched alkanes of at least 4 members (excludes halogenated alkanes) is 2. The van der Waals surface area contributed by atoms with Gasteiger partial charge in [0.1, 0.15) is 5.75 Å². The SMILES string of the molecule is CO[C](CCCCCOc1ccccc1)OC. The van der Waals surface area contributed by atoms with Crippen LogP contribution in [0.4, 0.5) is 0 Å². The minimum atomic E-state index is 0.703. The number of hydrogen-bond donors (Lipinski definition) is 0. The highest BCUT2D eigenvalue weighted by Crippen LogP contribution is 2.14. The van der Waals surface area contributed by atoms with Crippen LogP contribution in [-0.2, 0) is 9.47 Å². The topological polar surface area (TPSA) is 27.7 Å². The first-order chi connectivity index (χ1) is 8.36. The zero-order valence-electron chi connectivity index (χ0n) is 10.6. The number of rotatable bonds is 9. The van der Waals surface area contributed by atoms with Gasteiger partial charge in [0, 0.05) is 20.6 Å². The molecule has 0 N–H and O–H groups in total. The minimum Gasteiger partial charge on any atom is -0.494 e. The second-order valence-corrected chi connectivity index (χ2v) is 3.75. The van der Waals surface area contributed by atoms with E-state index in [1.54, 1.807) is 14.2 Å². The largest absolute Gasteiger partial charge is 0.494 e. The Balaban J connectivity index is 1.98. The minimum absolute atomic E-state index is 0.703. The van der Waals surface area contributed by atoms with Crippen molar-refractivity contribution < 1.29 is 14.2 Å². The molecule has 0 fully saturated rings. The summed E-state index contributed by atoms with van der Waals surface area (Å²) in [5, 5.41) is 0. The van der Waals surface area contributed by atoms with Crippen molar-refractivity contribution in [1.82, 2.24) is 0 Å². The average Bonchev–Trinajstić information content (AvgIpc) is 2.39. The van der Waals surface area contributed by atoms with Gasteiger partial charge in [0.05, 0.1) is 6.61 Å². The van der Waals surface area contributed by atoms with Crippen LogP contribution in [0.2, 0.25) is 0 Å². The molecular formula is C14H21O3. The fourth-order valence-electron chi connectivity index (χ4n) is 1.54. The van der Waals surface area contributed by atoms with E-state index in [1.807, 2.05) is 30.3 Å². The third kappa shape index (κ3) is 6.29. The van der Waals surface area contributed by atoms with Crippen LogP contribution < -0.4 is 4.74 Å². The molecular weight excluding hydrogens is 216 g/mol. The van der Waals surface area contributed by atoms with Gasteiger partial charge in [-0.05, 0) is 31.4 Å². The number of ether oxygens (including phenoxy) is 3. The highest BCUT2D eigenvalue weighted by Gasteiger charge is 2.05. The standard InChI is InChI=1S/C14H21O3/c1-15-14(16-2)11-7-4-8-12-17-13-9-5-3-6-10-13/h3,5-6,9-10H,4,7-8,11-12H2,1-2H3. The summed E-state index contributed by atoms with van der Waals surface area (Å²) in [6.45, 7) is 0.763. The van der Waals surface area contributed by atoms with E-state index in [1.165, 1.54) is 0 Å². The van der Waals surface area contributed by atoms with Gasteiger partial charge in [-0.1, -0.05) is 18.2 Å². The molecule has 1 rings (SSSR count). The molecule has 0 unspecified atom stereocenters.